The summed E-state index contributed by atoms with van der Waals surface area (Å²) in [5.74, 6) is 0.307. The van der Waals surface area contributed by atoms with Crippen LogP contribution in [0.1, 0.15) is 38.8 Å². The second-order valence-electron chi connectivity index (χ2n) is 7.45. The second-order valence-corrected chi connectivity index (χ2v) is 8.83. The summed E-state index contributed by atoms with van der Waals surface area (Å²) < 4.78 is 1.64. The Bertz CT molecular complexity index is 1080. The summed E-state index contributed by atoms with van der Waals surface area (Å²) in [6.45, 7) is 6.63. The first kappa shape index (κ1) is 22.3. The number of hydrogen-bond acceptors (Lipinski definition) is 5. The first-order chi connectivity index (χ1) is 14.4. The zero-order chi connectivity index (χ0) is 21.7. The van der Waals surface area contributed by atoms with Crippen molar-refractivity contribution in [2.45, 2.75) is 44.9 Å². The maximum atomic E-state index is 12.9. The zero-order valence-electron chi connectivity index (χ0n) is 17.3. The molecule has 3 aromatic rings. The predicted octanol–water partition coefficient (Wildman–Crippen LogP) is 4.46. The number of nitrogens with one attached hydrogen (secondary N) is 1. The van der Waals surface area contributed by atoms with Gasteiger partial charge in [-0.25, -0.2) is 9.97 Å². The molecule has 1 N–H and O–H groups in total. The van der Waals surface area contributed by atoms with Crippen LogP contribution in [0.25, 0.3) is 11.0 Å². The molecule has 8 heteroatoms. The summed E-state index contributed by atoms with van der Waals surface area (Å²) in [4.78, 5) is 34.3. The van der Waals surface area contributed by atoms with Gasteiger partial charge in [0.25, 0.3) is 5.56 Å². The molecule has 3 rings (SSSR count). The average molecular weight is 445 g/mol. The Labute approximate surface area is 185 Å². The van der Waals surface area contributed by atoms with Gasteiger partial charge >= 0.3 is 0 Å². The summed E-state index contributed by atoms with van der Waals surface area (Å²) in [6, 6.07) is 10.8. The first-order valence-electron chi connectivity index (χ1n) is 9.92. The van der Waals surface area contributed by atoms with Crippen LogP contribution in [-0.4, -0.2) is 26.2 Å². The van der Waals surface area contributed by atoms with E-state index in [0.29, 0.717) is 27.8 Å². The number of carbonyl (C=O) groups excluding carboxylic acids is 1. The molecule has 0 saturated carbocycles. The van der Waals surface area contributed by atoms with Crippen LogP contribution < -0.4 is 10.9 Å². The maximum absolute atomic E-state index is 12.9. The number of carbonyl (C=O) groups is 1. The molecule has 2 aromatic heterocycles. The lowest BCUT2D eigenvalue weighted by atomic mass is 10.0. The van der Waals surface area contributed by atoms with E-state index in [9.17, 15) is 9.59 Å². The largest absolute Gasteiger partial charge is 0.349 e. The highest BCUT2D eigenvalue weighted by Crippen LogP contribution is 2.21. The van der Waals surface area contributed by atoms with E-state index < -0.39 is 0 Å². The van der Waals surface area contributed by atoms with E-state index in [2.05, 4.69) is 15.3 Å². The third-order valence-corrected chi connectivity index (χ3v) is 5.82. The van der Waals surface area contributed by atoms with Crippen LogP contribution in [0, 0.1) is 5.92 Å². The number of nitrogens with zero attached hydrogens (tertiary/aromatic N) is 3. The van der Waals surface area contributed by atoms with Gasteiger partial charge in [-0.2, -0.15) is 0 Å². The van der Waals surface area contributed by atoms with Crippen molar-refractivity contribution in [1.82, 2.24) is 19.9 Å². The van der Waals surface area contributed by atoms with Gasteiger partial charge in [-0.15, -0.1) is 0 Å². The minimum atomic E-state index is -0.127. The standard InChI is InChI=1S/C22H25ClN4O2S/c1-4-18(15-7-9-16(23)10-8-15)25-19(28)13-30-22-26-20-17(6-5-11-24-20)21(29)27(22)12-14(2)3/h5-11,14,18H,4,12-13H2,1-3H3,(H,25,28)/t18-/m1/s1. The van der Waals surface area contributed by atoms with Crippen LogP contribution >= 0.6 is 23.4 Å². The molecule has 0 bridgehead atoms. The molecule has 6 nitrogen and oxygen atoms in total. The molecular formula is C22H25ClN4O2S. The molecule has 1 aromatic carbocycles. The molecule has 2 heterocycles. The Morgan fingerprint density at radius 2 is 1.97 bits per heavy atom. The van der Waals surface area contributed by atoms with Gasteiger partial charge in [0.05, 0.1) is 17.2 Å². The smallest absolute Gasteiger partial charge is 0.263 e. The van der Waals surface area contributed by atoms with Crippen LogP contribution in [0.15, 0.2) is 52.5 Å². The van der Waals surface area contributed by atoms with E-state index in [1.54, 1.807) is 22.9 Å². The topological polar surface area (TPSA) is 76.9 Å². The van der Waals surface area contributed by atoms with Gasteiger partial charge in [0.15, 0.2) is 10.8 Å². The number of pyridine rings is 1. The Balaban J connectivity index is 1.77. The van der Waals surface area contributed by atoms with Gasteiger partial charge in [0.2, 0.25) is 5.91 Å². The lowest BCUT2D eigenvalue weighted by molar-refractivity contribution is -0.119. The SMILES string of the molecule is CC[C@@H](NC(=O)CSc1nc2ncccc2c(=O)n1CC(C)C)c1ccc(Cl)cc1. The molecule has 0 unspecified atom stereocenters. The highest BCUT2D eigenvalue weighted by Gasteiger charge is 2.17. The molecule has 0 aliphatic heterocycles. The van der Waals surface area contributed by atoms with E-state index in [1.165, 1.54) is 11.8 Å². The minimum absolute atomic E-state index is 0.0977. The molecule has 0 fully saturated rings. The van der Waals surface area contributed by atoms with Crippen LogP contribution in [0.2, 0.25) is 5.02 Å². The monoisotopic (exact) mass is 444 g/mol. The quantitative estimate of drug-likeness (QED) is 0.410. The highest BCUT2D eigenvalue weighted by atomic mass is 35.5. The summed E-state index contributed by atoms with van der Waals surface area (Å²) in [7, 11) is 0. The number of thioether (sulfide) groups is 1. The van der Waals surface area contributed by atoms with Crippen molar-refractivity contribution in [2.75, 3.05) is 5.75 Å². The third kappa shape index (κ3) is 5.40. The molecular weight excluding hydrogens is 420 g/mol. The van der Waals surface area contributed by atoms with Gasteiger partial charge in [-0.1, -0.05) is 56.3 Å². The summed E-state index contributed by atoms with van der Waals surface area (Å²) in [6.07, 6.45) is 2.37. The normalized spacial score (nSPS) is 12.3. The van der Waals surface area contributed by atoms with Crippen LogP contribution in [0.5, 0.6) is 0 Å². The van der Waals surface area contributed by atoms with Crippen LogP contribution in [0.3, 0.4) is 0 Å². The van der Waals surface area contributed by atoms with Gasteiger partial charge in [-0.05, 0) is 42.2 Å². The number of amides is 1. The predicted molar refractivity (Wildman–Crippen MR) is 122 cm³/mol. The molecule has 0 saturated heterocycles. The van der Waals surface area contributed by atoms with E-state index >= 15 is 0 Å². The molecule has 0 radical (unpaired) electrons. The fraction of sp³-hybridized carbons (Fsp3) is 0.364. The summed E-state index contributed by atoms with van der Waals surface area (Å²) in [5, 5.41) is 4.71. The molecule has 0 aliphatic carbocycles. The molecule has 1 atom stereocenters. The van der Waals surface area contributed by atoms with Crippen molar-refractivity contribution in [3.05, 3.63) is 63.5 Å². The molecule has 0 aliphatic rings. The zero-order valence-corrected chi connectivity index (χ0v) is 18.8. The molecule has 1 amide bonds. The number of rotatable bonds is 8. The average Bonchev–Trinajstić information content (AvgIpc) is 2.73. The van der Waals surface area contributed by atoms with Gasteiger partial charge in [-0.3, -0.25) is 14.2 Å². The molecule has 0 spiro atoms. The van der Waals surface area contributed by atoms with Crippen molar-refractivity contribution < 1.29 is 4.79 Å². The van der Waals surface area contributed by atoms with Crippen LogP contribution in [-0.2, 0) is 11.3 Å². The third-order valence-electron chi connectivity index (χ3n) is 4.59. The second kappa shape index (κ2) is 10.1. The van der Waals surface area contributed by atoms with E-state index in [-0.39, 0.29) is 29.2 Å². The van der Waals surface area contributed by atoms with Gasteiger partial charge in [0.1, 0.15) is 0 Å². The highest BCUT2D eigenvalue weighted by molar-refractivity contribution is 7.99. The van der Waals surface area contributed by atoms with Crippen molar-refractivity contribution in [2.24, 2.45) is 5.92 Å². The maximum Gasteiger partial charge on any atom is 0.263 e. The van der Waals surface area contributed by atoms with Crippen LogP contribution in [0.4, 0.5) is 0 Å². The summed E-state index contributed by atoms with van der Waals surface area (Å²) in [5.41, 5.74) is 1.28. The fourth-order valence-electron chi connectivity index (χ4n) is 3.15. The van der Waals surface area contributed by atoms with E-state index in [4.69, 9.17) is 11.6 Å². The molecule has 158 valence electrons. The Kier molecular flexibility index (Phi) is 7.50. The van der Waals surface area contributed by atoms with Crippen molar-refractivity contribution >= 4 is 40.3 Å². The Hall–Kier alpha value is -2.38. The van der Waals surface area contributed by atoms with Crippen molar-refractivity contribution in [3.63, 3.8) is 0 Å². The van der Waals surface area contributed by atoms with Crippen molar-refractivity contribution in [3.8, 4) is 0 Å². The van der Waals surface area contributed by atoms with E-state index in [0.717, 1.165) is 12.0 Å². The van der Waals surface area contributed by atoms with Crippen molar-refractivity contribution in [1.29, 1.82) is 0 Å². The lowest BCUT2D eigenvalue weighted by Crippen LogP contribution is -2.30. The number of hydrogen-bond donors (Lipinski definition) is 1. The molecule has 30 heavy (non-hydrogen) atoms. The summed E-state index contributed by atoms with van der Waals surface area (Å²) >= 11 is 7.21. The first-order valence-corrected chi connectivity index (χ1v) is 11.3. The van der Waals surface area contributed by atoms with Gasteiger partial charge in [0, 0.05) is 17.8 Å². The fourth-order valence-corrected chi connectivity index (χ4v) is 4.09. The lowest BCUT2D eigenvalue weighted by Gasteiger charge is -2.18. The van der Waals surface area contributed by atoms with E-state index in [1.807, 2.05) is 45.0 Å². The minimum Gasteiger partial charge on any atom is -0.349 e. The number of halogens is 1. The number of benzene rings is 1. The van der Waals surface area contributed by atoms with Gasteiger partial charge < -0.3 is 5.32 Å². The Morgan fingerprint density at radius 3 is 2.63 bits per heavy atom. The Morgan fingerprint density at radius 1 is 1.23 bits per heavy atom. The number of aromatic nitrogens is 3. The number of fused-ring (bicyclic) bond motifs is 1.